The molecule has 2 fully saturated rings. The van der Waals surface area contributed by atoms with Gasteiger partial charge in [-0.05, 0) is 78.5 Å². The van der Waals surface area contributed by atoms with Gasteiger partial charge in [0.25, 0.3) is 0 Å². The number of nitrogens with zero attached hydrogens (tertiary/aromatic N) is 1. The maximum Gasteiger partial charge on any atom is 0.247 e. The van der Waals surface area contributed by atoms with Gasteiger partial charge in [0, 0.05) is 50.0 Å². The standard InChI is InChI=1S/C56H68N10O9/c1-3-4-21-43(60-34(2)67)51(70)62-45-32-48(68)58-27-14-12-23-42(50(57)69)61-52(71)44(31-39-33-59-41-22-11-10-20-40(39)41)63-54(73)47-24-13-15-28-66(47)56(75)46(30-35-25-26-36-16-8-9-19-38(36)29-35)64-55(74)49(65-53(45)72)37-17-6-5-7-18-37/h5-11,16-20,22,25-26,29,33,42-47,49,59H,3-4,12-15,21,23-24,27-28,30-32H2,1-2H3,(H2,57,69)(H,58,68)(H,60,67)(H,61,71)(H,62,70)(H,63,73)(H,64,74)(H,65,72)/t42-,43-,44-,45-,46+,47+,49-/m0/s1. The summed E-state index contributed by atoms with van der Waals surface area (Å²) in [5.74, 6) is -6.19. The predicted octanol–water partition coefficient (Wildman–Crippen LogP) is 3.15. The first kappa shape index (κ1) is 54.7. The van der Waals surface area contributed by atoms with Crippen molar-refractivity contribution in [1.82, 2.24) is 47.1 Å². The van der Waals surface area contributed by atoms with Gasteiger partial charge in [-0.2, -0.15) is 0 Å². The molecule has 3 heterocycles. The lowest BCUT2D eigenvalue weighted by molar-refractivity contribution is -0.146. The predicted molar refractivity (Wildman–Crippen MR) is 282 cm³/mol. The van der Waals surface area contributed by atoms with Crippen LogP contribution in [-0.4, -0.2) is 112 Å². The minimum atomic E-state index is -1.55. The zero-order valence-corrected chi connectivity index (χ0v) is 42.5. The highest BCUT2D eigenvalue weighted by Crippen LogP contribution is 2.24. The molecule has 0 unspecified atom stereocenters. The Morgan fingerprint density at radius 2 is 1.45 bits per heavy atom. The molecule has 4 aromatic carbocycles. The number of amides is 9. The Kier molecular flexibility index (Phi) is 19.1. The summed E-state index contributed by atoms with van der Waals surface area (Å²) in [4.78, 5) is 131. The van der Waals surface area contributed by atoms with E-state index in [0.717, 1.165) is 27.2 Å². The third kappa shape index (κ3) is 14.8. The van der Waals surface area contributed by atoms with Crippen LogP contribution >= 0.6 is 0 Å². The summed E-state index contributed by atoms with van der Waals surface area (Å²) in [6.45, 7) is 3.40. The van der Waals surface area contributed by atoms with E-state index in [9.17, 15) is 38.4 Å². The van der Waals surface area contributed by atoms with Gasteiger partial charge in [0.05, 0.1) is 6.42 Å². The minimum absolute atomic E-state index is 0.0150. The Morgan fingerprint density at radius 1 is 0.733 bits per heavy atom. The van der Waals surface area contributed by atoms with Gasteiger partial charge in [-0.15, -0.1) is 0 Å². The number of piperidine rings is 1. The van der Waals surface area contributed by atoms with E-state index in [0.29, 0.717) is 49.7 Å². The summed E-state index contributed by atoms with van der Waals surface area (Å²) in [7, 11) is 0. The fraction of sp³-hybridized carbons (Fsp3) is 0.411. The van der Waals surface area contributed by atoms with Gasteiger partial charge < -0.3 is 52.8 Å². The fourth-order valence-electron chi connectivity index (χ4n) is 9.83. The number of aromatic nitrogens is 1. The lowest BCUT2D eigenvalue weighted by atomic mass is 9.96. The topological polar surface area (TPSA) is 283 Å². The molecule has 75 heavy (non-hydrogen) atoms. The Labute approximate surface area is 435 Å². The maximum atomic E-state index is 15.3. The molecule has 19 heteroatoms. The lowest BCUT2D eigenvalue weighted by Crippen LogP contribution is -2.61. The van der Waals surface area contributed by atoms with Crippen molar-refractivity contribution in [2.45, 2.75) is 133 Å². The van der Waals surface area contributed by atoms with Gasteiger partial charge in [0.2, 0.25) is 53.2 Å². The fourth-order valence-corrected chi connectivity index (χ4v) is 9.83. The van der Waals surface area contributed by atoms with Crippen molar-refractivity contribution in [3.05, 3.63) is 120 Å². The molecule has 0 radical (unpaired) electrons. The van der Waals surface area contributed by atoms with E-state index in [2.05, 4.69) is 42.2 Å². The number of primary amides is 1. The number of carbonyl (C=O) groups is 9. The van der Waals surface area contributed by atoms with Gasteiger partial charge in [0.1, 0.15) is 42.3 Å². The van der Waals surface area contributed by atoms with Crippen LogP contribution in [0.2, 0.25) is 0 Å². The number of hydrogen-bond acceptors (Lipinski definition) is 9. The van der Waals surface area contributed by atoms with E-state index in [4.69, 9.17) is 5.73 Å². The number of hydrogen-bond donors (Lipinski definition) is 9. The molecule has 0 aliphatic carbocycles. The molecular formula is C56H68N10O9. The number of carbonyl (C=O) groups excluding carboxylic acids is 9. The summed E-state index contributed by atoms with van der Waals surface area (Å²) in [5.41, 5.74) is 8.38. The molecule has 9 amide bonds. The molecule has 7 rings (SSSR count). The largest absolute Gasteiger partial charge is 0.368 e. The van der Waals surface area contributed by atoms with Gasteiger partial charge in [0.15, 0.2) is 0 Å². The molecule has 2 aliphatic rings. The molecule has 7 atom stereocenters. The number of nitrogens with two attached hydrogens (primary N) is 1. The number of para-hydroxylation sites is 1. The molecule has 396 valence electrons. The Balaban J connectivity index is 1.27. The average Bonchev–Trinajstić information content (AvgIpc) is 3.82. The van der Waals surface area contributed by atoms with E-state index in [-0.39, 0.29) is 45.2 Å². The molecule has 2 aliphatic heterocycles. The molecule has 1 aromatic heterocycles. The molecule has 19 nitrogen and oxygen atoms in total. The zero-order chi connectivity index (χ0) is 53.4. The summed E-state index contributed by atoms with van der Waals surface area (Å²) in [5, 5.41) is 22.1. The van der Waals surface area contributed by atoms with Crippen LogP contribution in [0.4, 0.5) is 0 Å². The Morgan fingerprint density at radius 3 is 2.21 bits per heavy atom. The third-order valence-corrected chi connectivity index (χ3v) is 13.8. The molecule has 5 aromatic rings. The van der Waals surface area contributed by atoms with E-state index >= 15 is 4.79 Å². The quantitative estimate of drug-likeness (QED) is 0.0887. The van der Waals surface area contributed by atoms with Crippen LogP contribution in [0, 0.1) is 0 Å². The van der Waals surface area contributed by atoms with Crippen molar-refractivity contribution in [3.8, 4) is 0 Å². The molecule has 10 N–H and O–H groups in total. The van der Waals surface area contributed by atoms with E-state index in [1.165, 1.54) is 11.8 Å². The monoisotopic (exact) mass is 1020 g/mol. The van der Waals surface area contributed by atoms with E-state index in [1.807, 2.05) is 73.7 Å². The van der Waals surface area contributed by atoms with Crippen molar-refractivity contribution in [3.63, 3.8) is 0 Å². The molecular weight excluding hydrogens is 957 g/mol. The second kappa shape index (κ2) is 26.2. The van der Waals surface area contributed by atoms with Crippen LogP contribution in [0.1, 0.15) is 101 Å². The molecule has 0 spiro atoms. The Bertz CT molecular complexity index is 2870. The SMILES string of the molecule is CCCC[C@H](NC(C)=O)C(=O)N[C@H]1CC(=O)NCCCC[C@@H](C(N)=O)NC(=O)[C@H](Cc2c[nH]c3ccccc23)NC(=O)[C@H]2CCCCN2C(=O)[C@@H](Cc2ccc3ccccc3c2)NC(=O)[C@H](c2ccccc2)NC1=O. The second-order valence-corrected chi connectivity index (χ2v) is 19.4. The molecule has 0 bridgehead atoms. The first-order chi connectivity index (χ1) is 36.2. The summed E-state index contributed by atoms with van der Waals surface area (Å²) in [6, 6.07) is 20.3. The van der Waals surface area contributed by atoms with Gasteiger partial charge in [-0.3, -0.25) is 43.2 Å². The highest BCUT2D eigenvalue weighted by molar-refractivity contribution is 5.99. The van der Waals surface area contributed by atoms with Gasteiger partial charge in [-0.1, -0.05) is 111 Å². The first-order valence-electron chi connectivity index (χ1n) is 25.9. The number of H-pyrrole nitrogens is 1. The van der Waals surface area contributed by atoms with Crippen molar-refractivity contribution < 1.29 is 43.2 Å². The summed E-state index contributed by atoms with van der Waals surface area (Å²) in [6.07, 6.45) is 4.75. The Hall–Kier alpha value is -8.09. The van der Waals surface area contributed by atoms with Crippen molar-refractivity contribution in [1.29, 1.82) is 0 Å². The van der Waals surface area contributed by atoms with Crippen molar-refractivity contribution in [2.75, 3.05) is 13.1 Å². The number of nitrogens with one attached hydrogen (secondary N) is 8. The molecule has 2 saturated heterocycles. The lowest BCUT2D eigenvalue weighted by Gasteiger charge is -2.38. The van der Waals surface area contributed by atoms with Crippen LogP contribution in [0.5, 0.6) is 0 Å². The van der Waals surface area contributed by atoms with Crippen molar-refractivity contribution >= 4 is 74.8 Å². The van der Waals surface area contributed by atoms with Gasteiger partial charge in [-0.25, -0.2) is 0 Å². The zero-order valence-electron chi connectivity index (χ0n) is 42.5. The van der Waals surface area contributed by atoms with Crippen LogP contribution in [0.25, 0.3) is 21.7 Å². The maximum absolute atomic E-state index is 15.3. The third-order valence-electron chi connectivity index (χ3n) is 13.8. The van der Waals surface area contributed by atoms with E-state index in [1.54, 1.807) is 36.5 Å². The highest BCUT2D eigenvalue weighted by Gasteiger charge is 2.40. The number of fused-ring (bicyclic) bond motifs is 3. The smallest absolute Gasteiger partial charge is 0.247 e. The van der Waals surface area contributed by atoms with Crippen LogP contribution in [0.3, 0.4) is 0 Å². The van der Waals surface area contributed by atoms with Gasteiger partial charge >= 0.3 is 0 Å². The number of rotatable bonds is 12. The normalized spacial score (nSPS) is 22.3. The van der Waals surface area contributed by atoms with Crippen molar-refractivity contribution in [2.24, 2.45) is 5.73 Å². The van der Waals surface area contributed by atoms with Crippen LogP contribution < -0.4 is 43.0 Å². The van der Waals surface area contributed by atoms with E-state index < -0.39 is 102 Å². The minimum Gasteiger partial charge on any atom is -0.368 e. The van der Waals surface area contributed by atoms with Crippen LogP contribution in [0.15, 0.2) is 103 Å². The van der Waals surface area contributed by atoms with Crippen LogP contribution in [-0.2, 0) is 56.0 Å². The highest BCUT2D eigenvalue weighted by atomic mass is 16.2. The first-order valence-corrected chi connectivity index (χ1v) is 25.9. The number of benzene rings is 4. The summed E-state index contributed by atoms with van der Waals surface area (Å²) >= 11 is 0. The molecule has 0 saturated carbocycles. The summed E-state index contributed by atoms with van der Waals surface area (Å²) < 4.78 is 0. The second-order valence-electron chi connectivity index (χ2n) is 19.4. The number of unbranched alkanes of at least 4 members (excludes halogenated alkanes) is 1. The average molecular weight is 1030 g/mol. The number of aromatic amines is 1.